The number of hydrogen-bond donors (Lipinski definition) is 1. The topological polar surface area (TPSA) is 46.3 Å². The molecule has 2 saturated carbocycles. The van der Waals surface area contributed by atoms with Crippen molar-refractivity contribution in [3.8, 4) is 0 Å². The molecule has 2 bridgehead atoms. The van der Waals surface area contributed by atoms with E-state index in [0.29, 0.717) is 17.2 Å². The molecule has 3 unspecified atom stereocenters. The molecule has 19 heavy (non-hydrogen) atoms. The van der Waals surface area contributed by atoms with Crippen LogP contribution in [-0.2, 0) is 0 Å². The Hall–Kier alpha value is -1.51. The summed E-state index contributed by atoms with van der Waals surface area (Å²) in [4.78, 5) is 14.2. The number of nitrogens with two attached hydrogens (primary N) is 1. The van der Waals surface area contributed by atoms with Crippen LogP contribution in [-0.4, -0.2) is 24.4 Å². The van der Waals surface area contributed by atoms with E-state index in [1.165, 1.54) is 25.7 Å². The maximum Gasteiger partial charge on any atom is 0.253 e. The number of carbonyl (C=O) groups excluding carboxylic acids is 1. The van der Waals surface area contributed by atoms with E-state index in [1.54, 1.807) is 6.07 Å². The molecule has 2 aliphatic rings. The quantitative estimate of drug-likeness (QED) is 0.847. The molecule has 3 nitrogen and oxygen atoms in total. The standard InChI is InChI=1S/C16H22N2O/c1-18(10-14-8-11-5-6-12(14)7-11)16(19)13-3-2-4-15(17)9-13/h2-4,9,11-12,14H,5-8,10,17H2,1H3. The minimum absolute atomic E-state index is 0.0927. The van der Waals surface area contributed by atoms with E-state index in [-0.39, 0.29) is 5.91 Å². The molecular weight excluding hydrogens is 236 g/mol. The summed E-state index contributed by atoms with van der Waals surface area (Å²) in [5.41, 5.74) is 7.09. The fraction of sp³-hybridized carbons (Fsp3) is 0.562. The molecule has 2 aliphatic carbocycles. The van der Waals surface area contributed by atoms with Crippen LogP contribution in [0.25, 0.3) is 0 Å². The number of carbonyl (C=O) groups is 1. The number of nitrogens with zero attached hydrogens (tertiary/aromatic N) is 1. The number of rotatable bonds is 3. The second kappa shape index (κ2) is 4.87. The van der Waals surface area contributed by atoms with Gasteiger partial charge in [-0.15, -0.1) is 0 Å². The van der Waals surface area contributed by atoms with Gasteiger partial charge in [0.05, 0.1) is 0 Å². The smallest absolute Gasteiger partial charge is 0.253 e. The minimum atomic E-state index is 0.0927. The number of anilines is 1. The molecule has 0 heterocycles. The minimum Gasteiger partial charge on any atom is -0.399 e. The fourth-order valence-corrected chi connectivity index (χ4v) is 3.93. The molecule has 1 aromatic rings. The van der Waals surface area contributed by atoms with Crippen LogP contribution in [0.2, 0.25) is 0 Å². The Balaban J connectivity index is 1.64. The lowest BCUT2D eigenvalue weighted by Crippen LogP contribution is -2.33. The summed E-state index contributed by atoms with van der Waals surface area (Å²) in [6.45, 7) is 0.898. The third-order valence-corrected chi connectivity index (χ3v) is 4.87. The Labute approximate surface area is 114 Å². The molecule has 0 aromatic heterocycles. The molecule has 0 saturated heterocycles. The Kier molecular flexibility index (Phi) is 3.21. The first-order valence-corrected chi connectivity index (χ1v) is 7.24. The highest BCUT2D eigenvalue weighted by Crippen LogP contribution is 2.48. The maximum atomic E-state index is 12.4. The Bertz CT molecular complexity index is 485. The van der Waals surface area contributed by atoms with Gasteiger partial charge in [-0.05, 0) is 55.2 Å². The summed E-state index contributed by atoms with van der Waals surface area (Å²) >= 11 is 0. The molecule has 1 amide bonds. The molecule has 102 valence electrons. The average Bonchev–Trinajstić information content (AvgIpc) is 3.00. The zero-order chi connectivity index (χ0) is 13.4. The van der Waals surface area contributed by atoms with Crippen molar-refractivity contribution in [1.29, 1.82) is 0 Å². The van der Waals surface area contributed by atoms with Crippen molar-refractivity contribution >= 4 is 11.6 Å². The van der Waals surface area contributed by atoms with Crippen LogP contribution in [0.3, 0.4) is 0 Å². The summed E-state index contributed by atoms with van der Waals surface area (Å²) in [5, 5.41) is 0. The van der Waals surface area contributed by atoms with Gasteiger partial charge in [-0.1, -0.05) is 12.5 Å². The molecule has 0 aliphatic heterocycles. The molecule has 3 rings (SSSR count). The average molecular weight is 258 g/mol. The van der Waals surface area contributed by atoms with Crippen LogP contribution in [0.4, 0.5) is 5.69 Å². The van der Waals surface area contributed by atoms with Gasteiger partial charge in [0.1, 0.15) is 0 Å². The molecule has 0 radical (unpaired) electrons. The van der Waals surface area contributed by atoms with E-state index in [2.05, 4.69) is 0 Å². The summed E-state index contributed by atoms with van der Waals surface area (Å²) in [6, 6.07) is 7.26. The number of nitrogen functional groups attached to an aromatic ring is 1. The second-order valence-corrected chi connectivity index (χ2v) is 6.25. The van der Waals surface area contributed by atoms with E-state index in [1.807, 2.05) is 30.1 Å². The van der Waals surface area contributed by atoms with Gasteiger partial charge in [-0.2, -0.15) is 0 Å². The van der Waals surface area contributed by atoms with Crippen molar-refractivity contribution in [2.24, 2.45) is 17.8 Å². The summed E-state index contributed by atoms with van der Waals surface area (Å²) in [7, 11) is 1.91. The number of fused-ring (bicyclic) bond motifs is 2. The monoisotopic (exact) mass is 258 g/mol. The summed E-state index contributed by atoms with van der Waals surface area (Å²) in [6.07, 6.45) is 5.49. The largest absolute Gasteiger partial charge is 0.399 e. The van der Waals surface area contributed by atoms with E-state index in [0.717, 1.165) is 18.4 Å². The number of amides is 1. The zero-order valence-corrected chi connectivity index (χ0v) is 11.5. The first kappa shape index (κ1) is 12.5. The van der Waals surface area contributed by atoms with Gasteiger partial charge in [0.2, 0.25) is 0 Å². The molecule has 0 spiro atoms. The summed E-state index contributed by atoms with van der Waals surface area (Å²) in [5.74, 6) is 2.61. The van der Waals surface area contributed by atoms with Crippen LogP contribution in [0, 0.1) is 17.8 Å². The molecule has 2 fully saturated rings. The first-order chi connectivity index (χ1) is 9.13. The molecular formula is C16H22N2O. The normalized spacial score (nSPS) is 28.6. The predicted octanol–water partition coefficient (Wildman–Crippen LogP) is 2.78. The van der Waals surface area contributed by atoms with Gasteiger partial charge in [0.25, 0.3) is 5.91 Å². The van der Waals surface area contributed by atoms with Crippen LogP contribution in [0.1, 0.15) is 36.0 Å². The van der Waals surface area contributed by atoms with Crippen molar-refractivity contribution < 1.29 is 4.79 Å². The fourth-order valence-electron chi connectivity index (χ4n) is 3.93. The van der Waals surface area contributed by atoms with Crippen molar-refractivity contribution in [3.05, 3.63) is 29.8 Å². The van der Waals surface area contributed by atoms with Crippen LogP contribution < -0.4 is 5.73 Å². The second-order valence-electron chi connectivity index (χ2n) is 6.25. The zero-order valence-electron chi connectivity index (χ0n) is 11.5. The van der Waals surface area contributed by atoms with Crippen molar-refractivity contribution in [3.63, 3.8) is 0 Å². The van der Waals surface area contributed by atoms with Gasteiger partial charge in [0.15, 0.2) is 0 Å². The molecule has 2 N–H and O–H groups in total. The lowest BCUT2D eigenvalue weighted by molar-refractivity contribution is 0.0754. The van der Waals surface area contributed by atoms with Gasteiger partial charge in [0, 0.05) is 24.8 Å². The summed E-state index contributed by atoms with van der Waals surface area (Å²) < 4.78 is 0. The van der Waals surface area contributed by atoms with Gasteiger partial charge < -0.3 is 10.6 Å². The van der Waals surface area contributed by atoms with E-state index < -0.39 is 0 Å². The van der Waals surface area contributed by atoms with E-state index in [9.17, 15) is 4.79 Å². The Morgan fingerprint density at radius 1 is 1.37 bits per heavy atom. The highest BCUT2D eigenvalue weighted by atomic mass is 16.2. The van der Waals surface area contributed by atoms with E-state index in [4.69, 9.17) is 5.73 Å². The lowest BCUT2D eigenvalue weighted by Gasteiger charge is -2.27. The maximum absolute atomic E-state index is 12.4. The van der Waals surface area contributed by atoms with Crippen molar-refractivity contribution in [2.45, 2.75) is 25.7 Å². The third kappa shape index (κ3) is 2.46. The van der Waals surface area contributed by atoms with Crippen molar-refractivity contribution in [1.82, 2.24) is 4.90 Å². The Morgan fingerprint density at radius 2 is 2.21 bits per heavy atom. The number of benzene rings is 1. The highest BCUT2D eigenvalue weighted by Gasteiger charge is 2.40. The molecule has 3 atom stereocenters. The van der Waals surface area contributed by atoms with E-state index >= 15 is 0 Å². The van der Waals surface area contributed by atoms with Crippen molar-refractivity contribution in [2.75, 3.05) is 19.3 Å². The predicted molar refractivity (Wildman–Crippen MR) is 76.8 cm³/mol. The number of hydrogen-bond acceptors (Lipinski definition) is 2. The third-order valence-electron chi connectivity index (χ3n) is 4.87. The molecule has 1 aromatic carbocycles. The van der Waals surface area contributed by atoms with Gasteiger partial charge in [-0.25, -0.2) is 0 Å². The van der Waals surface area contributed by atoms with Crippen LogP contribution in [0.15, 0.2) is 24.3 Å². The SMILES string of the molecule is CN(CC1CC2CCC1C2)C(=O)c1cccc(N)c1. The van der Waals surface area contributed by atoms with Gasteiger partial charge >= 0.3 is 0 Å². The van der Waals surface area contributed by atoms with Gasteiger partial charge in [-0.3, -0.25) is 4.79 Å². The molecule has 3 heteroatoms. The van der Waals surface area contributed by atoms with Crippen LogP contribution >= 0.6 is 0 Å². The lowest BCUT2D eigenvalue weighted by atomic mass is 9.88. The Morgan fingerprint density at radius 3 is 2.84 bits per heavy atom. The first-order valence-electron chi connectivity index (χ1n) is 7.24. The van der Waals surface area contributed by atoms with Crippen LogP contribution in [0.5, 0.6) is 0 Å². The highest BCUT2D eigenvalue weighted by molar-refractivity contribution is 5.94.